The number of ether oxygens (including phenoxy) is 1. The van der Waals surface area contributed by atoms with E-state index in [-0.39, 0.29) is 11.8 Å². The second-order valence-corrected chi connectivity index (χ2v) is 7.45. The van der Waals surface area contributed by atoms with Gasteiger partial charge in [-0.2, -0.15) is 0 Å². The molecule has 5 nitrogen and oxygen atoms in total. The number of rotatable bonds is 9. The van der Waals surface area contributed by atoms with Gasteiger partial charge < -0.3 is 15.0 Å². The largest absolute Gasteiger partial charge is 0.497 e. The third-order valence-corrected chi connectivity index (χ3v) is 5.28. The molecule has 0 radical (unpaired) electrons. The minimum atomic E-state index is -0.127. The Morgan fingerprint density at radius 1 is 1.23 bits per heavy atom. The van der Waals surface area contributed by atoms with E-state index in [0.717, 1.165) is 18.6 Å². The molecule has 2 amide bonds. The first kappa shape index (κ1) is 18.5. The van der Waals surface area contributed by atoms with Crippen LogP contribution in [0.3, 0.4) is 0 Å². The fraction of sp³-hybridized carbons (Fsp3) is 0.400. The summed E-state index contributed by atoms with van der Waals surface area (Å²) in [6.07, 6.45) is 3.32. The topological polar surface area (TPSA) is 58.6 Å². The SMILES string of the molecule is COc1ccc(C(=O)NCCCC(=O)N(Cc2cccs2)C2CC2)cc1. The van der Waals surface area contributed by atoms with Crippen molar-refractivity contribution in [3.8, 4) is 5.75 Å². The van der Waals surface area contributed by atoms with Gasteiger partial charge in [0.15, 0.2) is 0 Å². The molecular formula is C20H24N2O3S. The number of amides is 2. The van der Waals surface area contributed by atoms with E-state index in [9.17, 15) is 9.59 Å². The van der Waals surface area contributed by atoms with Gasteiger partial charge in [0.1, 0.15) is 5.75 Å². The average molecular weight is 372 g/mol. The first-order valence-electron chi connectivity index (χ1n) is 8.91. The van der Waals surface area contributed by atoms with Crippen LogP contribution in [0, 0.1) is 0 Å². The predicted molar refractivity (Wildman–Crippen MR) is 102 cm³/mol. The van der Waals surface area contributed by atoms with Gasteiger partial charge in [-0.05, 0) is 55.0 Å². The highest BCUT2D eigenvalue weighted by molar-refractivity contribution is 7.09. The van der Waals surface area contributed by atoms with E-state index >= 15 is 0 Å². The quantitative estimate of drug-likeness (QED) is 0.686. The van der Waals surface area contributed by atoms with Crippen molar-refractivity contribution in [1.29, 1.82) is 0 Å². The van der Waals surface area contributed by atoms with E-state index in [1.165, 1.54) is 4.88 Å². The first-order chi connectivity index (χ1) is 12.7. The van der Waals surface area contributed by atoms with Crippen molar-refractivity contribution in [1.82, 2.24) is 10.2 Å². The predicted octanol–water partition coefficient (Wildman–Crippen LogP) is 3.46. The van der Waals surface area contributed by atoms with Crippen LogP contribution in [0.1, 0.15) is 40.9 Å². The number of methoxy groups -OCH3 is 1. The van der Waals surface area contributed by atoms with Crippen molar-refractivity contribution in [2.45, 2.75) is 38.3 Å². The number of thiophene rings is 1. The normalized spacial score (nSPS) is 13.3. The first-order valence-corrected chi connectivity index (χ1v) is 9.79. The summed E-state index contributed by atoms with van der Waals surface area (Å²) in [5.74, 6) is 0.774. The summed E-state index contributed by atoms with van der Waals surface area (Å²) >= 11 is 1.69. The van der Waals surface area contributed by atoms with Crippen molar-refractivity contribution in [2.24, 2.45) is 0 Å². The van der Waals surface area contributed by atoms with Gasteiger partial charge in [-0.1, -0.05) is 6.07 Å². The lowest BCUT2D eigenvalue weighted by molar-refractivity contribution is -0.132. The Hall–Kier alpha value is -2.34. The van der Waals surface area contributed by atoms with Crippen molar-refractivity contribution in [3.63, 3.8) is 0 Å². The lowest BCUT2D eigenvalue weighted by atomic mass is 10.2. The fourth-order valence-electron chi connectivity index (χ4n) is 2.81. The van der Waals surface area contributed by atoms with E-state index in [4.69, 9.17) is 4.74 Å². The third kappa shape index (κ3) is 5.08. The number of hydrogen-bond donors (Lipinski definition) is 1. The Labute approximate surface area is 158 Å². The maximum Gasteiger partial charge on any atom is 0.251 e. The molecule has 1 fully saturated rings. The van der Waals surface area contributed by atoms with Crippen LogP contribution >= 0.6 is 11.3 Å². The molecule has 0 bridgehead atoms. The van der Waals surface area contributed by atoms with Crippen LogP contribution in [0.5, 0.6) is 5.75 Å². The molecule has 1 aromatic heterocycles. The minimum Gasteiger partial charge on any atom is -0.497 e. The van der Waals surface area contributed by atoms with Gasteiger partial charge in [0, 0.05) is 29.4 Å². The fourth-order valence-corrected chi connectivity index (χ4v) is 3.51. The van der Waals surface area contributed by atoms with Gasteiger partial charge in [-0.15, -0.1) is 11.3 Å². The zero-order chi connectivity index (χ0) is 18.4. The third-order valence-electron chi connectivity index (χ3n) is 4.42. The summed E-state index contributed by atoms with van der Waals surface area (Å²) in [7, 11) is 1.59. The van der Waals surface area contributed by atoms with E-state index in [1.807, 2.05) is 16.3 Å². The zero-order valence-electron chi connectivity index (χ0n) is 14.9. The monoisotopic (exact) mass is 372 g/mol. The van der Waals surface area contributed by atoms with Gasteiger partial charge in [-0.3, -0.25) is 9.59 Å². The molecule has 0 aliphatic heterocycles. The standard InChI is InChI=1S/C20H24N2O3S/c1-25-17-10-6-15(7-11-17)20(24)21-12-2-5-19(23)22(16-8-9-16)14-18-4-3-13-26-18/h3-4,6-7,10-11,13,16H,2,5,8-9,12,14H2,1H3,(H,21,24). The maximum atomic E-state index is 12.5. The molecule has 3 rings (SSSR count). The molecule has 1 aliphatic carbocycles. The molecule has 1 N–H and O–H groups in total. The van der Waals surface area contributed by atoms with Crippen LogP contribution in [-0.2, 0) is 11.3 Å². The lowest BCUT2D eigenvalue weighted by Gasteiger charge is -2.22. The molecule has 0 atom stereocenters. The van der Waals surface area contributed by atoms with Gasteiger partial charge in [0.25, 0.3) is 5.91 Å². The molecule has 0 saturated heterocycles. The Morgan fingerprint density at radius 3 is 2.62 bits per heavy atom. The smallest absolute Gasteiger partial charge is 0.251 e. The van der Waals surface area contributed by atoms with Crippen LogP contribution in [0.15, 0.2) is 41.8 Å². The molecule has 138 valence electrons. The minimum absolute atomic E-state index is 0.127. The van der Waals surface area contributed by atoms with Crippen LogP contribution < -0.4 is 10.1 Å². The van der Waals surface area contributed by atoms with Crippen molar-refractivity contribution >= 4 is 23.2 Å². The highest BCUT2D eigenvalue weighted by Crippen LogP contribution is 2.29. The number of hydrogen-bond acceptors (Lipinski definition) is 4. The molecule has 1 aliphatic rings. The van der Waals surface area contributed by atoms with Crippen molar-refractivity contribution in [3.05, 3.63) is 52.2 Å². The summed E-state index contributed by atoms with van der Waals surface area (Å²) in [4.78, 5) is 27.9. The number of nitrogens with one attached hydrogen (secondary N) is 1. The number of nitrogens with zero attached hydrogens (tertiary/aromatic N) is 1. The van der Waals surface area contributed by atoms with Crippen molar-refractivity contribution in [2.75, 3.05) is 13.7 Å². The van der Waals surface area contributed by atoms with Crippen LogP contribution in [-0.4, -0.2) is 36.4 Å². The van der Waals surface area contributed by atoms with Gasteiger partial charge >= 0.3 is 0 Å². The number of carbonyl (C=O) groups is 2. The summed E-state index contributed by atoms with van der Waals surface area (Å²) in [6, 6.07) is 11.5. The van der Waals surface area contributed by atoms with Gasteiger partial charge in [0.2, 0.25) is 5.91 Å². The second-order valence-electron chi connectivity index (χ2n) is 6.42. The molecule has 1 saturated carbocycles. The Balaban J connectivity index is 1.41. The molecule has 2 aromatic rings. The van der Waals surface area contributed by atoms with E-state index < -0.39 is 0 Å². The maximum absolute atomic E-state index is 12.5. The molecule has 0 spiro atoms. The summed E-state index contributed by atoms with van der Waals surface area (Å²) < 4.78 is 5.08. The van der Waals surface area contributed by atoms with Crippen LogP contribution in [0.2, 0.25) is 0 Å². The Morgan fingerprint density at radius 2 is 2.00 bits per heavy atom. The Bertz CT molecular complexity index is 724. The number of benzene rings is 1. The Kier molecular flexibility index (Phi) is 6.28. The average Bonchev–Trinajstić information content (AvgIpc) is 3.38. The van der Waals surface area contributed by atoms with Crippen molar-refractivity contribution < 1.29 is 14.3 Å². The highest BCUT2D eigenvalue weighted by Gasteiger charge is 2.32. The molecule has 6 heteroatoms. The van der Waals surface area contributed by atoms with Gasteiger partial charge in [0.05, 0.1) is 13.7 Å². The van der Waals surface area contributed by atoms with Crippen LogP contribution in [0.25, 0.3) is 0 Å². The van der Waals surface area contributed by atoms with E-state index in [0.29, 0.717) is 37.5 Å². The summed E-state index contributed by atoms with van der Waals surface area (Å²) in [6.45, 7) is 1.20. The van der Waals surface area contributed by atoms with Crippen LogP contribution in [0.4, 0.5) is 0 Å². The molecule has 1 aromatic carbocycles. The molecule has 26 heavy (non-hydrogen) atoms. The number of carbonyl (C=O) groups excluding carboxylic acids is 2. The molecule has 1 heterocycles. The second kappa shape index (κ2) is 8.85. The summed E-state index contributed by atoms with van der Waals surface area (Å²) in [5, 5.41) is 4.91. The zero-order valence-corrected chi connectivity index (χ0v) is 15.8. The molecule has 0 unspecified atom stereocenters. The van der Waals surface area contributed by atoms with E-state index in [2.05, 4.69) is 11.4 Å². The van der Waals surface area contributed by atoms with E-state index in [1.54, 1.807) is 42.7 Å². The summed E-state index contributed by atoms with van der Waals surface area (Å²) in [5.41, 5.74) is 0.592. The molecular weight excluding hydrogens is 348 g/mol. The van der Waals surface area contributed by atoms with Gasteiger partial charge in [-0.25, -0.2) is 0 Å². The highest BCUT2D eigenvalue weighted by atomic mass is 32.1. The lowest BCUT2D eigenvalue weighted by Crippen LogP contribution is -2.33.